The number of hydrazone groups is 1. The zero-order chi connectivity index (χ0) is 20.0. The number of carbonyl (C=O) groups excluding carboxylic acids is 1. The molecule has 0 radical (unpaired) electrons. The summed E-state index contributed by atoms with van der Waals surface area (Å²) in [6.45, 7) is 4.71. The Morgan fingerprint density at radius 3 is 2.61 bits per heavy atom. The van der Waals surface area contributed by atoms with E-state index < -0.39 is 0 Å². The summed E-state index contributed by atoms with van der Waals surface area (Å²) in [6, 6.07) is 17.5. The molecule has 28 heavy (non-hydrogen) atoms. The van der Waals surface area contributed by atoms with E-state index in [4.69, 9.17) is 14.6 Å². The van der Waals surface area contributed by atoms with Crippen LogP contribution in [-0.2, 0) is 4.79 Å². The molecule has 2 aromatic rings. The maximum absolute atomic E-state index is 12.9. The van der Waals surface area contributed by atoms with Crippen LogP contribution in [0.3, 0.4) is 0 Å². The Hall–Kier alpha value is -2.82. The topological polar surface area (TPSA) is 51.1 Å². The number of benzene rings is 2. The van der Waals surface area contributed by atoms with Gasteiger partial charge in [-0.3, -0.25) is 4.79 Å². The van der Waals surface area contributed by atoms with Crippen LogP contribution in [0.15, 0.2) is 59.7 Å². The molecule has 1 atom stereocenters. The molecule has 1 aliphatic rings. The lowest BCUT2D eigenvalue weighted by atomic mass is 9.90. The van der Waals surface area contributed by atoms with Crippen molar-refractivity contribution in [3.05, 3.63) is 60.2 Å². The number of nitrogens with zero attached hydrogens (tertiary/aromatic N) is 2. The summed E-state index contributed by atoms with van der Waals surface area (Å²) in [5.74, 6) is 1.66. The maximum Gasteiger partial charge on any atom is 0.243 e. The van der Waals surface area contributed by atoms with Gasteiger partial charge < -0.3 is 9.47 Å². The van der Waals surface area contributed by atoms with Gasteiger partial charge in [0, 0.05) is 18.4 Å². The van der Waals surface area contributed by atoms with Gasteiger partial charge in [0.1, 0.15) is 11.5 Å². The lowest BCUT2D eigenvalue weighted by Gasteiger charge is -2.31. The van der Waals surface area contributed by atoms with Crippen LogP contribution in [-0.4, -0.2) is 35.9 Å². The molecule has 0 aromatic heterocycles. The van der Waals surface area contributed by atoms with Crippen LogP contribution < -0.4 is 9.47 Å². The molecular formula is C23H28N2O3. The minimum absolute atomic E-state index is 0.0407. The Bertz CT molecular complexity index is 835. The molecule has 5 heteroatoms. The molecule has 1 amide bonds. The fraction of sp³-hybridized carbons (Fsp3) is 0.391. The van der Waals surface area contributed by atoms with E-state index in [1.807, 2.05) is 54.6 Å². The second-order valence-corrected chi connectivity index (χ2v) is 7.28. The van der Waals surface area contributed by atoms with E-state index in [2.05, 4.69) is 13.8 Å². The van der Waals surface area contributed by atoms with E-state index in [1.54, 1.807) is 12.1 Å². The van der Waals surface area contributed by atoms with Gasteiger partial charge in [-0.25, -0.2) is 5.01 Å². The lowest BCUT2D eigenvalue weighted by molar-refractivity contribution is -0.136. The van der Waals surface area contributed by atoms with Gasteiger partial charge in [0.25, 0.3) is 0 Å². The molecule has 1 aliphatic heterocycles. The average molecular weight is 380 g/mol. The van der Waals surface area contributed by atoms with Crippen molar-refractivity contribution in [1.82, 2.24) is 5.01 Å². The first-order chi connectivity index (χ1) is 13.6. The zero-order valence-corrected chi connectivity index (χ0v) is 16.9. The van der Waals surface area contributed by atoms with Crippen LogP contribution in [0.2, 0.25) is 0 Å². The number of carbonyl (C=O) groups is 1. The quantitative estimate of drug-likeness (QED) is 0.626. The molecule has 0 saturated heterocycles. The Kier molecular flexibility index (Phi) is 6.34. The van der Waals surface area contributed by atoms with Gasteiger partial charge in [0.2, 0.25) is 5.91 Å². The molecule has 1 unspecified atom stereocenters. The molecule has 148 valence electrons. The van der Waals surface area contributed by atoms with Crippen molar-refractivity contribution >= 4 is 11.6 Å². The third-order valence-corrected chi connectivity index (χ3v) is 5.23. The van der Waals surface area contributed by atoms with Gasteiger partial charge >= 0.3 is 0 Å². The Morgan fingerprint density at radius 1 is 1.14 bits per heavy atom. The molecule has 5 nitrogen and oxygen atoms in total. The number of amides is 1. The second kappa shape index (κ2) is 8.91. The first-order valence-electron chi connectivity index (χ1n) is 9.78. The summed E-state index contributed by atoms with van der Waals surface area (Å²) in [6.07, 6.45) is 2.66. The number of ether oxygens (including phenoxy) is 2. The summed E-state index contributed by atoms with van der Waals surface area (Å²) in [7, 11) is 1.65. The van der Waals surface area contributed by atoms with Crippen LogP contribution in [0, 0.1) is 0 Å². The summed E-state index contributed by atoms with van der Waals surface area (Å²) in [5.41, 5.74) is 1.63. The van der Waals surface area contributed by atoms with E-state index in [-0.39, 0.29) is 11.4 Å². The smallest absolute Gasteiger partial charge is 0.243 e. The summed E-state index contributed by atoms with van der Waals surface area (Å²) >= 11 is 0. The average Bonchev–Trinajstić information content (AvgIpc) is 3.10. The van der Waals surface area contributed by atoms with Gasteiger partial charge in [-0.15, -0.1) is 0 Å². The second-order valence-electron chi connectivity index (χ2n) is 7.28. The number of hydrogen-bond acceptors (Lipinski definition) is 4. The van der Waals surface area contributed by atoms with Gasteiger partial charge in [0.05, 0.1) is 25.0 Å². The largest absolute Gasteiger partial charge is 0.497 e. The highest BCUT2D eigenvalue weighted by Gasteiger charge is 2.40. The Morgan fingerprint density at radius 2 is 1.89 bits per heavy atom. The highest BCUT2D eigenvalue weighted by Crippen LogP contribution is 2.34. The first-order valence-corrected chi connectivity index (χ1v) is 9.78. The number of rotatable bonds is 8. The van der Waals surface area contributed by atoms with Crippen LogP contribution in [0.25, 0.3) is 0 Å². The van der Waals surface area contributed by atoms with Crippen molar-refractivity contribution in [2.75, 3.05) is 13.7 Å². The molecular weight excluding hydrogens is 352 g/mol. The van der Waals surface area contributed by atoms with Crippen LogP contribution in [0.1, 0.15) is 45.1 Å². The van der Waals surface area contributed by atoms with E-state index in [9.17, 15) is 4.79 Å². The number of methoxy groups -OCH3 is 1. The Balaban J connectivity index is 1.64. The third-order valence-electron chi connectivity index (χ3n) is 5.23. The van der Waals surface area contributed by atoms with Gasteiger partial charge in [-0.2, -0.15) is 5.10 Å². The van der Waals surface area contributed by atoms with Crippen molar-refractivity contribution in [3.8, 4) is 11.5 Å². The van der Waals surface area contributed by atoms with Gasteiger partial charge in [0.15, 0.2) is 0 Å². The molecule has 0 saturated carbocycles. The van der Waals surface area contributed by atoms with E-state index >= 15 is 0 Å². The molecule has 3 rings (SSSR count). The fourth-order valence-corrected chi connectivity index (χ4v) is 3.34. The van der Waals surface area contributed by atoms with E-state index in [0.717, 1.165) is 35.6 Å². The molecule has 0 N–H and O–H groups in total. The highest BCUT2D eigenvalue weighted by molar-refractivity contribution is 6.03. The van der Waals surface area contributed by atoms with Crippen molar-refractivity contribution in [3.63, 3.8) is 0 Å². The van der Waals surface area contributed by atoms with Crippen molar-refractivity contribution < 1.29 is 14.3 Å². The number of hydrogen-bond donors (Lipinski definition) is 0. The summed E-state index contributed by atoms with van der Waals surface area (Å²) in [4.78, 5) is 12.9. The molecule has 0 bridgehead atoms. The molecule has 2 aromatic carbocycles. The molecule has 0 fully saturated rings. The lowest BCUT2D eigenvalue weighted by Crippen LogP contribution is -2.43. The molecule has 1 heterocycles. The van der Waals surface area contributed by atoms with Gasteiger partial charge in [-0.1, -0.05) is 37.3 Å². The van der Waals surface area contributed by atoms with Crippen LogP contribution in [0.4, 0.5) is 0 Å². The highest BCUT2D eigenvalue weighted by atomic mass is 16.5. The van der Waals surface area contributed by atoms with Crippen LogP contribution in [0.5, 0.6) is 11.5 Å². The predicted octanol–water partition coefficient (Wildman–Crippen LogP) is 4.66. The van der Waals surface area contributed by atoms with Crippen molar-refractivity contribution in [1.29, 1.82) is 0 Å². The predicted molar refractivity (Wildman–Crippen MR) is 111 cm³/mol. The SMILES string of the molecule is CCC1(C)CC(c2cccc(OC)c2)=NN1C(=O)CCCOc1ccccc1. The normalized spacial score (nSPS) is 18.7. The standard InChI is InChI=1S/C23H28N2O3/c1-4-23(2)17-21(18-10-8-13-20(16-18)27-3)24-25(23)22(26)14-9-15-28-19-11-6-5-7-12-19/h5-8,10-13,16H,4,9,14-15,17H2,1-3H3. The van der Waals surface area contributed by atoms with Gasteiger partial charge in [-0.05, 0) is 44.0 Å². The number of para-hydroxylation sites is 1. The zero-order valence-electron chi connectivity index (χ0n) is 16.9. The van der Waals surface area contributed by atoms with E-state index in [1.165, 1.54) is 0 Å². The minimum atomic E-state index is -0.296. The third kappa shape index (κ3) is 4.53. The van der Waals surface area contributed by atoms with E-state index in [0.29, 0.717) is 19.4 Å². The van der Waals surface area contributed by atoms with Crippen molar-refractivity contribution in [2.24, 2.45) is 5.10 Å². The van der Waals surface area contributed by atoms with Crippen LogP contribution >= 0.6 is 0 Å². The van der Waals surface area contributed by atoms with Crippen molar-refractivity contribution in [2.45, 2.75) is 45.1 Å². The summed E-state index contributed by atoms with van der Waals surface area (Å²) in [5, 5.41) is 6.38. The fourth-order valence-electron chi connectivity index (χ4n) is 3.34. The Labute approximate surface area is 167 Å². The first kappa shape index (κ1) is 19.9. The minimum Gasteiger partial charge on any atom is -0.497 e. The molecule has 0 aliphatic carbocycles. The monoisotopic (exact) mass is 380 g/mol. The summed E-state index contributed by atoms with van der Waals surface area (Å²) < 4.78 is 11.0. The maximum atomic E-state index is 12.9. The molecule has 0 spiro atoms.